The van der Waals surface area contributed by atoms with E-state index in [0.717, 1.165) is 25.7 Å². The van der Waals surface area contributed by atoms with Crippen LogP contribution in [0.2, 0.25) is 0 Å². The Morgan fingerprint density at radius 3 is 3.00 bits per heavy atom. The summed E-state index contributed by atoms with van der Waals surface area (Å²) in [5.74, 6) is -0.0192. The van der Waals surface area contributed by atoms with Crippen LogP contribution in [-0.2, 0) is 9.59 Å². The molecule has 0 saturated carbocycles. The van der Waals surface area contributed by atoms with Crippen LogP contribution in [0.5, 0.6) is 0 Å². The van der Waals surface area contributed by atoms with E-state index in [1.54, 1.807) is 4.90 Å². The van der Waals surface area contributed by atoms with Gasteiger partial charge in [0, 0.05) is 13.1 Å². The molecule has 13 heavy (non-hydrogen) atoms. The van der Waals surface area contributed by atoms with Crippen LogP contribution in [0.3, 0.4) is 0 Å². The molecule has 1 heterocycles. The van der Waals surface area contributed by atoms with Gasteiger partial charge in [-0.1, -0.05) is 0 Å². The summed E-state index contributed by atoms with van der Waals surface area (Å²) < 4.78 is 0. The number of piperidine rings is 1. The van der Waals surface area contributed by atoms with Crippen LogP contribution in [0.15, 0.2) is 0 Å². The Kier molecular flexibility index (Phi) is 3.73. The molecular weight excluding hydrogens is 168 g/mol. The van der Waals surface area contributed by atoms with Gasteiger partial charge in [-0.2, -0.15) is 0 Å². The minimum atomic E-state index is -0.230. The number of amides is 2. The monoisotopic (exact) mass is 184 g/mol. The van der Waals surface area contributed by atoms with Gasteiger partial charge in [-0.25, -0.2) is 0 Å². The summed E-state index contributed by atoms with van der Waals surface area (Å²) in [6, 6.07) is -0.230. The zero-order valence-electron chi connectivity index (χ0n) is 7.95. The minimum Gasteiger partial charge on any atom is -0.355 e. The van der Waals surface area contributed by atoms with Crippen molar-refractivity contribution in [2.75, 3.05) is 13.1 Å². The lowest BCUT2D eigenvalue weighted by molar-refractivity contribution is -0.134. The van der Waals surface area contributed by atoms with Crippen molar-refractivity contribution in [3.8, 4) is 0 Å². The van der Waals surface area contributed by atoms with E-state index in [-0.39, 0.29) is 11.9 Å². The second kappa shape index (κ2) is 4.84. The Bertz CT molecular complexity index is 194. The van der Waals surface area contributed by atoms with Crippen molar-refractivity contribution in [3.05, 3.63) is 0 Å². The first kappa shape index (κ1) is 10.0. The third-order valence-electron chi connectivity index (χ3n) is 2.33. The van der Waals surface area contributed by atoms with Gasteiger partial charge in [-0.3, -0.25) is 9.59 Å². The number of hydrogen-bond acceptors (Lipinski definition) is 2. The highest BCUT2D eigenvalue weighted by atomic mass is 16.2. The van der Waals surface area contributed by atoms with E-state index in [4.69, 9.17) is 0 Å². The van der Waals surface area contributed by atoms with Crippen molar-refractivity contribution in [1.82, 2.24) is 10.2 Å². The van der Waals surface area contributed by atoms with E-state index in [1.807, 2.05) is 6.92 Å². The van der Waals surface area contributed by atoms with Crippen molar-refractivity contribution in [2.45, 2.75) is 32.2 Å². The Labute approximate surface area is 78.3 Å². The van der Waals surface area contributed by atoms with Crippen LogP contribution in [0.4, 0.5) is 0 Å². The first-order valence-corrected chi connectivity index (χ1v) is 4.78. The molecule has 1 aliphatic heterocycles. The lowest BCUT2D eigenvalue weighted by Crippen LogP contribution is -2.48. The van der Waals surface area contributed by atoms with E-state index >= 15 is 0 Å². The number of carbonyl (C=O) groups is 2. The average Bonchev–Trinajstić information content (AvgIpc) is 2.18. The topological polar surface area (TPSA) is 49.4 Å². The van der Waals surface area contributed by atoms with Gasteiger partial charge in [-0.15, -0.1) is 0 Å². The molecule has 2 amide bonds. The van der Waals surface area contributed by atoms with E-state index in [9.17, 15) is 9.59 Å². The fourth-order valence-electron chi connectivity index (χ4n) is 1.65. The molecule has 0 radical (unpaired) electrons. The molecule has 1 rings (SSSR count). The summed E-state index contributed by atoms with van der Waals surface area (Å²) in [4.78, 5) is 23.7. The minimum absolute atomic E-state index is 0.0192. The average molecular weight is 184 g/mol. The zero-order chi connectivity index (χ0) is 9.68. The fraction of sp³-hybridized carbons (Fsp3) is 0.778. The fourth-order valence-corrected chi connectivity index (χ4v) is 1.65. The SMILES string of the molecule is CCNC(=O)C1CCCCN1C=O. The van der Waals surface area contributed by atoms with E-state index in [2.05, 4.69) is 5.32 Å². The summed E-state index contributed by atoms with van der Waals surface area (Å²) in [5.41, 5.74) is 0. The van der Waals surface area contributed by atoms with Crippen molar-refractivity contribution in [3.63, 3.8) is 0 Å². The quantitative estimate of drug-likeness (QED) is 0.634. The van der Waals surface area contributed by atoms with Crippen molar-refractivity contribution < 1.29 is 9.59 Å². The lowest BCUT2D eigenvalue weighted by Gasteiger charge is -2.31. The number of likely N-dealkylation sites (N-methyl/N-ethyl adjacent to an activating group) is 1. The molecular formula is C9H16N2O2. The Balaban J connectivity index is 2.53. The number of nitrogens with one attached hydrogen (secondary N) is 1. The van der Waals surface area contributed by atoms with Gasteiger partial charge in [-0.05, 0) is 26.2 Å². The molecule has 1 fully saturated rings. The molecule has 4 nitrogen and oxygen atoms in total. The summed E-state index contributed by atoms with van der Waals surface area (Å²) in [7, 11) is 0. The highest BCUT2D eigenvalue weighted by molar-refractivity contribution is 5.83. The predicted molar refractivity (Wildman–Crippen MR) is 49.1 cm³/mol. The predicted octanol–water partition coefficient (Wildman–Crippen LogP) is 0.133. The number of likely N-dealkylation sites (tertiary alicyclic amines) is 1. The Morgan fingerprint density at radius 1 is 1.62 bits per heavy atom. The van der Waals surface area contributed by atoms with Gasteiger partial charge in [0.05, 0.1) is 0 Å². The molecule has 74 valence electrons. The standard InChI is InChI=1S/C9H16N2O2/c1-2-10-9(13)8-5-3-4-6-11(8)7-12/h7-8H,2-6H2,1H3,(H,10,13). The highest BCUT2D eigenvalue weighted by Crippen LogP contribution is 2.14. The van der Waals surface area contributed by atoms with E-state index < -0.39 is 0 Å². The first-order valence-electron chi connectivity index (χ1n) is 4.78. The molecule has 1 saturated heterocycles. The molecule has 0 aliphatic carbocycles. The third-order valence-corrected chi connectivity index (χ3v) is 2.33. The van der Waals surface area contributed by atoms with Crippen LogP contribution >= 0.6 is 0 Å². The summed E-state index contributed by atoms with van der Waals surface area (Å²) in [5, 5.41) is 2.74. The van der Waals surface area contributed by atoms with Gasteiger partial charge in [0.15, 0.2) is 0 Å². The van der Waals surface area contributed by atoms with Gasteiger partial charge in [0.2, 0.25) is 12.3 Å². The molecule has 0 aromatic rings. The van der Waals surface area contributed by atoms with Crippen molar-refractivity contribution >= 4 is 12.3 Å². The second-order valence-corrected chi connectivity index (χ2v) is 3.25. The summed E-state index contributed by atoms with van der Waals surface area (Å²) in [6.45, 7) is 3.22. The number of hydrogen-bond donors (Lipinski definition) is 1. The van der Waals surface area contributed by atoms with E-state index in [0.29, 0.717) is 13.1 Å². The lowest BCUT2D eigenvalue weighted by atomic mass is 10.0. The second-order valence-electron chi connectivity index (χ2n) is 3.25. The van der Waals surface area contributed by atoms with Crippen LogP contribution in [0, 0.1) is 0 Å². The van der Waals surface area contributed by atoms with Gasteiger partial charge >= 0.3 is 0 Å². The van der Waals surface area contributed by atoms with Crippen LogP contribution in [0.1, 0.15) is 26.2 Å². The molecule has 0 aromatic carbocycles. The van der Waals surface area contributed by atoms with Crippen LogP contribution < -0.4 is 5.32 Å². The van der Waals surface area contributed by atoms with Crippen LogP contribution in [-0.4, -0.2) is 36.3 Å². The normalized spacial score (nSPS) is 22.5. The molecule has 0 spiro atoms. The van der Waals surface area contributed by atoms with E-state index in [1.165, 1.54) is 0 Å². The number of carbonyl (C=O) groups excluding carboxylic acids is 2. The molecule has 1 N–H and O–H groups in total. The first-order chi connectivity index (χ1) is 6.29. The molecule has 0 aromatic heterocycles. The molecule has 0 bridgehead atoms. The smallest absolute Gasteiger partial charge is 0.242 e. The number of nitrogens with zero attached hydrogens (tertiary/aromatic N) is 1. The maximum absolute atomic E-state index is 11.5. The molecule has 4 heteroatoms. The maximum atomic E-state index is 11.5. The zero-order valence-corrected chi connectivity index (χ0v) is 7.95. The highest BCUT2D eigenvalue weighted by Gasteiger charge is 2.26. The molecule has 1 unspecified atom stereocenters. The van der Waals surface area contributed by atoms with Crippen molar-refractivity contribution in [1.29, 1.82) is 0 Å². The molecule has 1 aliphatic rings. The number of rotatable bonds is 3. The summed E-state index contributed by atoms with van der Waals surface area (Å²) in [6.07, 6.45) is 3.62. The van der Waals surface area contributed by atoms with Crippen LogP contribution in [0.25, 0.3) is 0 Å². The van der Waals surface area contributed by atoms with Gasteiger partial charge in [0.25, 0.3) is 0 Å². The van der Waals surface area contributed by atoms with Gasteiger partial charge < -0.3 is 10.2 Å². The van der Waals surface area contributed by atoms with Gasteiger partial charge in [0.1, 0.15) is 6.04 Å². The summed E-state index contributed by atoms with van der Waals surface area (Å²) >= 11 is 0. The third kappa shape index (κ3) is 2.44. The maximum Gasteiger partial charge on any atom is 0.242 e. The Hall–Kier alpha value is -1.06. The Morgan fingerprint density at radius 2 is 2.38 bits per heavy atom. The molecule has 1 atom stereocenters. The van der Waals surface area contributed by atoms with Crippen molar-refractivity contribution in [2.24, 2.45) is 0 Å². The largest absolute Gasteiger partial charge is 0.355 e.